The fraction of sp³-hybridized carbons (Fsp3) is 0.0526. The molecule has 0 amide bonds. The van der Waals surface area contributed by atoms with Crippen molar-refractivity contribution in [2.75, 3.05) is 6.61 Å². The first-order chi connectivity index (χ1) is 11.3. The van der Waals surface area contributed by atoms with Crippen molar-refractivity contribution in [1.82, 2.24) is 9.78 Å². The molecule has 0 fully saturated rings. The van der Waals surface area contributed by atoms with Crippen LogP contribution in [0.5, 0.6) is 5.75 Å². The molecule has 0 spiro atoms. The van der Waals surface area contributed by atoms with E-state index in [1.165, 1.54) is 0 Å². The SMILES string of the molecule is C#CCOc1ccc(-c2nn(-c3ccccc3)cc2C=O)cc1. The summed E-state index contributed by atoms with van der Waals surface area (Å²) in [6.45, 7) is 0.224. The molecular formula is C19H14N2O2. The molecule has 1 heterocycles. The van der Waals surface area contributed by atoms with Crippen LogP contribution in [0.15, 0.2) is 60.8 Å². The Kier molecular flexibility index (Phi) is 4.21. The lowest BCUT2D eigenvalue weighted by molar-refractivity contribution is 0.112. The zero-order valence-electron chi connectivity index (χ0n) is 12.3. The maximum absolute atomic E-state index is 11.4. The minimum absolute atomic E-state index is 0.224. The normalized spacial score (nSPS) is 10.0. The average Bonchev–Trinajstić information content (AvgIpc) is 3.05. The molecule has 0 bridgehead atoms. The minimum atomic E-state index is 0.224. The molecule has 3 rings (SSSR count). The first-order valence-electron chi connectivity index (χ1n) is 7.09. The Bertz CT molecular complexity index is 843. The van der Waals surface area contributed by atoms with Crippen molar-refractivity contribution in [2.24, 2.45) is 0 Å². The fourth-order valence-electron chi connectivity index (χ4n) is 2.24. The molecule has 0 aliphatic heterocycles. The molecule has 0 saturated heterocycles. The summed E-state index contributed by atoms with van der Waals surface area (Å²) in [5.74, 6) is 3.10. The van der Waals surface area contributed by atoms with Crippen LogP contribution in [0.3, 0.4) is 0 Å². The van der Waals surface area contributed by atoms with Crippen LogP contribution in [-0.2, 0) is 0 Å². The highest BCUT2D eigenvalue weighted by Crippen LogP contribution is 2.24. The van der Waals surface area contributed by atoms with Crippen LogP contribution in [0, 0.1) is 12.3 Å². The van der Waals surface area contributed by atoms with Crippen molar-refractivity contribution in [2.45, 2.75) is 0 Å². The van der Waals surface area contributed by atoms with Gasteiger partial charge in [-0.15, -0.1) is 6.42 Å². The summed E-state index contributed by atoms with van der Waals surface area (Å²) in [5.41, 5.74) is 2.91. The fourth-order valence-corrected chi connectivity index (χ4v) is 2.24. The topological polar surface area (TPSA) is 44.1 Å². The third-order valence-corrected chi connectivity index (χ3v) is 3.34. The number of terminal acetylenes is 1. The highest BCUT2D eigenvalue weighted by Gasteiger charge is 2.11. The van der Waals surface area contributed by atoms with Crippen LogP contribution in [-0.4, -0.2) is 22.7 Å². The molecule has 0 aliphatic rings. The van der Waals surface area contributed by atoms with Crippen LogP contribution in [0.1, 0.15) is 10.4 Å². The second-order valence-corrected chi connectivity index (χ2v) is 4.85. The molecule has 0 N–H and O–H groups in total. The Morgan fingerprint density at radius 2 is 1.87 bits per heavy atom. The zero-order valence-corrected chi connectivity index (χ0v) is 12.3. The second kappa shape index (κ2) is 6.63. The maximum Gasteiger partial charge on any atom is 0.153 e. The van der Waals surface area contributed by atoms with E-state index in [4.69, 9.17) is 11.2 Å². The van der Waals surface area contributed by atoms with E-state index < -0.39 is 0 Å². The van der Waals surface area contributed by atoms with Gasteiger partial charge in [-0.1, -0.05) is 24.1 Å². The number of hydrogen-bond donors (Lipinski definition) is 0. The van der Waals surface area contributed by atoms with Gasteiger partial charge in [0.05, 0.1) is 11.3 Å². The lowest BCUT2D eigenvalue weighted by Gasteiger charge is -2.03. The number of nitrogens with zero attached hydrogens (tertiary/aromatic N) is 2. The molecule has 0 atom stereocenters. The molecule has 4 nitrogen and oxygen atoms in total. The van der Waals surface area contributed by atoms with Crippen LogP contribution < -0.4 is 4.74 Å². The van der Waals surface area contributed by atoms with Crippen molar-refractivity contribution in [3.05, 3.63) is 66.4 Å². The number of benzene rings is 2. The average molecular weight is 302 g/mol. The van der Waals surface area contributed by atoms with Crippen molar-refractivity contribution < 1.29 is 9.53 Å². The zero-order chi connectivity index (χ0) is 16.1. The summed E-state index contributed by atoms with van der Waals surface area (Å²) in [7, 11) is 0. The summed E-state index contributed by atoms with van der Waals surface area (Å²) in [6.07, 6.45) is 7.70. The van der Waals surface area contributed by atoms with E-state index in [9.17, 15) is 4.79 Å². The number of para-hydroxylation sites is 1. The third kappa shape index (κ3) is 3.14. The Balaban J connectivity index is 1.95. The molecule has 112 valence electrons. The highest BCUT2D eigenvalue weighted by molar-refractivity contribution is 5.85. The molecule has 0 radical (unpaired) electrons. The van der Waals surface area contributed by atoms with E-state index in [1.54, 1.807) is 10.9 Å². The smallest absolute Gasteiger partial charge is 0.153 e. The van der Waals surface area contributed by atoms with Gasteiger partial charge < -0.3 is 4.74 Å². The molecule has 2 aromatic carbocycles. The third-order valence-electron chi connectivity index (χ3n) is 3.34. The Hall–Kier alpha value is -3.32. The van der Waals surface area contributed by atoms with Crippen molar-refractivity contribution >= 4 is 6.29 Å². The summed E-state index contributed by atoms with van der Waals surface area (Å²) < 4.78 is 7.04. The van der Waals surface area contributed by atoms with Crippen LogP contribution in [0.2, 0.25) is 0 Å². The summed E-state index contributed by atoms with van der Waals surface area (Å²) in [6, 6.07) is 17.0. The van der Waals surface area contributed by atoms with Crippen LogP contribution in [0.25, 0.3) is 16.9 Å². The van der Waals surface area contributed by atoms with Gasteiger partial charge in [0.25, 0.3) is 0 Å². The predicted molar refractivity (Wildman–Crippen MR) is 88.7 cm³/mol. The van der Waals surface area contributed by atoms with E-state index in [-0.39, 0.29) is 6.61 Å². The largest absolute Gasteiger partial charge is 0.481 e. The van der Waals surface area contributed by atoms with Crippen LogP contribution in [0.4, 0.5) is 0 Å². The van der Waals surface area contributed by atoms with Gasteiger partial charge in [0.15, 0.2) is 6.29 Å². The van der Waals surface area contributed by atoms with Gasteiger partial charge in [-0.3, -0.25) is 4.79 Å². The van der Waals surface area contributed by atoms with Crippen molar-refractivity contribution in [1.29, 1.82) is 0 Å². The van der Waals surface area contributed by atoms with E-state index >= 15 is 0 Å². The van der Waals surface area contributed by atoms with Crippen LogP contribution >= 0.6 is 0 Å². The minimum Gasteiger partial charge on any atom is -0.481 e. The summed E-state index contributed by atoms with van der Waals surface area (Å²) in [5, 5.41) is 4.53. The first-order valence-corrected chi connectivity index (χ1v) is 7.09. The van der Waals surface area contributed by atoms with E-state index in [1.807, 2.05) is 54.6 Å². The summed E-state index contributed by atoms with van der Waals surface area (Å²) >= 11 is 0. The molecule has 1 aromatic heterocycles. The second-order valence-electron chi connectivity index (χ2n) is 4.85. The van der Waals surface area contributed by atoms with Gasteiger partial charge in [0.1, 0.15) is 18.1 Å². The lowest BCUT2D eigenvalue weighted by atomic mass is 10.1. The molecular weight excluding hydrogens is 288 g/mol. The van der Waals surface area contributed by atoms with Gasteiger partial charge in [-0.2, -0.15) is 5.10 Å². The van der Waals surface area contributed by atoms with Gasteiger partial charge >= 0.3 is 0 Å². The van der Waals surface area contributed by atoms with E-state index in [0.717, 1.165) is 17.5 Å². The van der Waals surface area contributed by atoms with Gasteiger partial charge in [-0.25, -0.2) is 4.68 Å². The first kappa shape index (κ1) is 14.6. The van der Waals surface area contributed by atoms with Crippen molar-refractivity contribution in [3.8, 4) is 35.0 Å². The highest BCUT2D eigenvalue weighted by atomic mass is 16.5. The number of carbonyl (C=O) groups excluding carboxylic acids is 1. The summed E-state index contributed by atoms with van der Waals surface area (Å²) in [4.78, 5) is 11.4. The van der Waals surface area contributed by atoms with E-state index in [0.29, 0.717) is 17.0 Å². The Morgan fingerprint density at radius 3 is 2.52 bits per heavy atom. The lowest BCUT2D eigenvalue weighted by Crippen LogP contribution is -1.94. The van der Waals surface area contributed by atoms with Gasteiger partial charge in [0, 0.05) is 11.8 Å². The Morgan fingerprint density at radius 1 is 1.13 bits per heavy atom. The molecule has 4 heteroatoms. The number of aldehydes is 1. The molecule has 0 saturated carbocycles. The van der Waals surface area contributed by atoms with Gasteiger partial charge in [-0.05, 0) is 36.4 Å². The number of hydrogen-bond acceptors (Lipinski definition) is 3. The standard InChI is InChI=1S/C19H14N2O2/c1-2-12-23-18-10-8-15(9-11-18)19-16(14-22)13-21(20-19)17-6-4-3-5-7-17/h1,3-11,13-14H,12H2. The van der Waals surface area contributed by atoms with Gasteiger partial charge in [0.2, 0.25) is 0 Å². The molecule has 3 aromatic rings. The monoisotopic (exact) mass is 302 g/mol. The van der Waals surface area contributed by atoms with E-state index in [2.05, 4.69) is 11.0 Å². The molecule has 0 aliphatic carbocycles. The number of carbonyl (C=O) groups is 1. The predicted octanol–water partition coefficient (Wildman–Crippen LogP) is 3.36. The number of ether oxygens (including phenoxy) is 1. The molecule has 0 unspecified atom stereocenters. The number of rotatable bonds is 5. The molecule has 23 heavy (non-hydrogen) atoms. The maximum atomic E-state index is 11.4. The quantitative estimate of drug-likeness (QED) is 0.536. The number of aromatic nitrogens is 2. The van der Waals surface area contributed by atoms with Crippen molar-refractivity contribution in [3.63, 3.8) is 0 Å². The Labute approximate surface area is 134 Å².